The fraction of sp³-hybridized carbons (Fsp3) is 0.765. The summed E-state index contributed by atoms with van der Waals surface area (Å²) in [5.74, 6) is 0.584. The zero-order valence-electron chi connectivity index (χ0n) is 14.0. The molecule has 6 heteroatoms. The van der Waals surface area contributed by atoms with Gasteiger partial charge in [-0.2, -0.15) is 0 Å². The van der Waals surface area contributed by atoms with E-state index in [0.717, 1.165) is 37.5 Å². The molecule has 4 rings (SSSR count). The Balaban J connectivity index is 1.42. The molecule has 0 spiro atoms. The van der Waals surface area contributed by atoms with Gasteiger partial charge in [0.1, 0.15) is 6.54 Å². The normalized spacial score (nSPS) is 33.5. The zero-order chi connectivity index (χ0) is 16.0. The summed E-state index contributed by atoms with van der Waals surface area (Å²) in [7, 11) is 0. The number of rotatable bonds is 4. The predicted octanol–water partition coefficient (Wildman–Crippen LogP) is 0.868. The average Bonchev–Trinajstić information content (AvgIpc) is 3.24. The molecule has 1 aromatic heterocycles. The lowest BCUT2D eigenvalue weighted by molar-refractivity contribution is -0.129. The second kappa shape index (κ2) is 5.91. The quantitative estimate of drug-likeness (QED) is 0.895. The zero-order valence-corrected chi connectivity index (χ0v) is 14.0. The highest BCUT2D eigenvalue weighted by molar-refractivity contribution is 5.76. The van der Waals surface area contributed by atoms with Gasteiger partial charge in [-0.1, -0.05) is 0 Å². The Morgan fingerprint density at radius 1 is 1.39 bits per heavy atom. The van der Waals surface area contributed by atoms with Gasteiger partial charge in [0.15, 0.2) is 0 Å². The van der Waals surface area contributed by atoms with E-state index >= 15 is 0 Å². The Morgan fingerprint density at radius 3 is 2.87 bits per heavy atom. The summed E-state index contributed by atoms with van der Waals surface area (Å²) in [6.07, 6.45) is 5.69. The summed E-state index contributed by atoms with van der Waals surface area (Å²) in [6, 6.07) is 0.623. The first kappa shape index (κ1) is 15.1. The predicted molar refractivity (Wildman–Crippen MR) is 86.1 cm³/mol. The minimum Gasteiger partial charge on any atom is -0.376 e. The molecule has 0 aromatic carbocycles. The molecule has 0 radical (unpaired) electrons. The van der Waals surface area contributed by atoms with E-state index in [9.17, 15) is 4.79 Å². The van der Waals surface area contributed by atoms with Crippen molar-refractivity contribution in [2.24, 2.45) is 5.92 Å². The third-order valence-electron chi connectivity index (χ3n) is 5.90. The molecule has 126 valence electrons. The van der Waals surface area contributed by atoms with Gasteiger partial charge in [-0.3, -0.25) is 9.69 Å². The fourth-order valence-electron chi connectivity index (χ4n) is 4.43. The Bertz CT molecular complexity index is 589. The second-order valence-corrected chi connectivity index (χ2v) is 7.16. The molecule has 1 N–H and O–H groups in total. The molecule has 0 bridgehead atoms. The van der Waals surface area contributed by atoms with E-state index in [4.69, 9.17) is 4.74 Å². The van der Waals surface area contributed by atoms with Crippen molar-refractivity contribution >= 4 is 5.91 Å². The fourth-order valence-corrected chi connectivity index (χ4v) is 4.43. The highest BCUT2D eigenvalue weighted by Gasteiger charge is 2.56. The summed E-state index contributed by atoms with van der Waals surface area (Å²) in [5, 5.41) is 3.29. The molecule has 2 aliphatic heterocycles. The van der Waals surface area contributed by atoms with Crippen LogP contribution < -0.4 is 5.32 Å². The molecule has 2 saturated heterocycles. The first-order valence-corrected chi connectivity index (χ1v) is 8.78. The van der Waals surface area contributed by atoms with Gasteiger partial charge >= 0.3 is 0 Å². The highest BCUT2D eigenvalue weighted by Crippen LogP contribution is 2.42. The van der Waals surface area contributed by atoms with Crippen molar-refractivity contribution in [2.45, 2.75) is 57.8 Å². The first-order chi connectivity index (χ1) is 11.1. The number of aromatic nitrogens is 2. The lowest BCUT2D eigenvalue weighted by Gasteiger charge is -2.51. The van der Waals surface area contributed by atoms with Gasteiger partial charge in [0.05, 0.1) is 30.2 Å². The first-order valence-electron chi connectivity index (χ1n) is 8.78. The van der Waals surface area contributed by atoms with Crippen LogP contribution in [0.5, 0.6) is 0 Å². The molecule has 3 heterocycles. The van der Waals surface area contributed by atoms with Crippen molar-refractivity contribution < 1.29 is 9.53 Å². The molecule has 1 aromatic rings. The number of aryl methyl sites for hydroxylation is 1. The van der Waals surface area contributed by atoms with Crippen LogP contribution in [0.15, 0.2) is 6.33 Å². The second-order valence-electron chi connectivity index (χ2n) is 7.16. The Kier molecular flexibility index (Phi) is 3.89. The molecular formula is C17H26N4O2. The largest absolute Gasteiger partial charge is 0.376 e. The van der Waals surface area contributed by atoms with Crippen LogP contribution >= 0.6 is 0 Å². The van der Waals surface area contributed by atoms with Crippen LogP contribution in [0.2, 0.25) is 0 Å². The van der Waals surface area contributed by atoms with Crippen molar-refractivity contribution in [1.29, 1.82) is 0 Å². The van der Waals surface area contributed by atoms with Crippen LogP contribution in [0.1, 0.15) is 30.7 Å². The van der Waals surface area contributed by atoms with Crippen LogP contribution in [0.25, 0.3) is 0 Å². The maximum Gasteiger partial charge on any atom is 0.240 e. The van der Waals surface area contributed by atoms with Gasteiger partial charge in [0.25, 0.3) is 0 Å². The van der Waals surface area contributed by atoms with Crippen LogP contribution in [-0.2, 0) is 16.1 Å². The number of nitrogens with one attached hydrogen (secondary N) is 1. The molecule has 0 unspecified atom stereocenters. The van der Waals surface area contributed by atoms with E-state index in [2.05, 4.69) is 15.2 Å². The van der Waals surface area contributed by atoms with E-state index in [1.807, 2.05) is 18.4 Å². The van der Waals surface area contributed by atoms with Crippen LogP contribution in [0.4, 0.5) is 0 Å². The van der Waals surface area contributed by atoms with E-state index in [-0.39, 0.29) is 11.9 Å². The minimum absolute atomic E-state index is 0.0880. The molecule has 23 heavy (non-hydrogen) atoms. The van der Waals surface area contributed by atoms with Crippen molar-refractivity contribution in [1.82, 2.24) is 19.8 Å². The number of carbonyl (C=O) groups excluding carboxylic acids is 1. The van der Waals surface area contributed by atoms with Crippen LogP contribution in [-0.4, -0.2) is 58.2 Å². The van der Waals surface area contributed by atoms with Crippen LogP contribution in [0.3, 0.4) is 0 Å². The summed E-state index contributed by atoms with van der Waals surface area (Å²) in [6.45, 7) is 7.46. The smallest absolute Gasteiger partial charge is 0.240 e. The molecule has 4 atom stereocenters. The molecule has 1 amide bonds. The van der Waals surface area contributed by atoms with Gasteiger partial charge in [-0.15, -0.1) is 0 Å². The molecule has 1 saturated carbocycles. The SMILES string of the molecule is Cc1ncn(CC(=O)N[C@H]2[C@H]3CCO[C@H]3[C@@H]2N2CCCC2)c1C. The van der Waals surface area contributed by atoms with E-state index in [0.29, 0.717) is 24.6 Å². The average molecular weight is 318 g/mol. The standard InChI is InChI=1S/C17H26N4O2/c1-11-12(2)21(10-18-11)9-14(22)19-15-13-5-8-23-17(13)16(15)20-6-3-4-7-20/h10,13,15-17H,3-9H2,1-2H3,(H,19,22)/t13-,15+,16-,17-/m1/s1. The number of imidazole rings is 1. The van der Waals surface area contributed by atoms with E-state index in [1.165, 1.54) is 12.8 Å². The van der Waals surface area contributed by atoms with Gasteiger partial charge in [-0.05, 0) is 46.2 Å². The summed E-state index contributed by atoms with van der Waals surface area (Å²) in [4.78, 5) is 19.3. The molecule has 1 aliphatic carbocycles. The summed E-state index contributed by atoms with van der Waals surface area (Å²) in [5.41, 5.74) is 2.05. The third kappa shape index (κ3) is 2.58. The van der Waals surface area contributed by atoms with E-state index in [1.54, 1.807) is 6.33 Å². The van der Waals surface area contributed by atoms with Crippen molar-refractivity contribution in [3.05, 3.63) is 17.7 Å². The number of hydrogen-bond acceptors (Lipinski definition) is 4. The van der Waals surface area contributed by atoms with Crippen molar-refractivity contribution in [2.75, 3.05) is 19.7 Å². The number of amides is 1. The molecular weight excluding hydrogens is 292 g/mol. The maximum atomic E-state index is 12.5. The number of nitrogens with zero attached hydrogens (tertiary/aromatic N) is 3. The number of hydrogen-bond donors (Lipinski definition) is 1. The monoisotopic (exact) mass is 318 g/mol. The molecule has 3 aliphatic rings. The molecule has 3 fully saturated rings. The van der Waals surface area contributed by atoms with Crippen molar-refractivity contribution in [3.63, 3.8) is 0 Å². The Morgan fingerprint density at radius 2 is 2.17 bits per heavy atom. The highest BCUT2D eigenvalue weighted by atomic mass is 16.5. The topological polar surface area (TPSA) is 59.4 Å². The number of likely N-dealkylation sites (tertiary alicyclic amines) is 1. The number of carbonyl (C=O) groups is 1. The Labute approximate surface area is 137 Å². The maximum absolute atomic E-state index is 12.5. The minimum atomic E-state index is 0.0880. The van der Waals surface area contributed by atoms with E-state index < -0.39 is 0 Å². The van der Waals surface area contributed by atoms with Gasteiger partial charge < -0.3 is 14.6 Å². The van der Waals surface area contributed by atoms with Gasteiger partial charge in [-0.25, -0.2) is 4.98 Å². The lowest BCUT2D eigenvalue weighted by Crippen LogP contribution is -2.70. The van der Waals surface area contributed by atoms with Crippen molar-refractivity contribution in [3.8, 4) is 0 Å². The summed E-state index contributed by atoms with van der Waals surface area (Å²) >= 11 is 0. The van der Waals surface area contributed by atoms with Crippen LogP contribution in [0, 0.1) is 19.8 Å². The van der Waals surface area contributed by atoms with Gasteiger partial charge in [0, 0.05) is 18.2 Å². The summed E-state index contributed by atoms with van der Waals surface area (Å²) < 4.78 is 7.85. The van der Waals surface area contributed by atoms with Gasteiger partial charge in [0.2, 0.25) is 5.91 Å². The Hall–Kier alpha value is -1.40. The lowest BCUT2D eigenvalue weighted by atomic mass is 9.70. The number of ether oxygens (including phenoxy) is 1. The molecule has 6 nitrogen and oxygen atoms in total. The third-order valence-corrected chi connectivity index (χ3v) is 5.90. The number of fused-ring (bicyclic) bond motifs is 1.